The fraction of sp³-hybridized carbons (Fsp3) is 0.647. The van der Waals surface area contributed by atoms with Crippen LogP contribution in [0.2, 0.25) is 0 Å². The Morgan fingerprint density at radius 2 is 1.95 bits per heavy atom. The van der Waals surface area contributed by atoms with Gasteiger partial charge in [-0.25, -0.2) is 0 Å². The van der Waals surface area contributed by atoms with Crippen molar-refractivity contribution in [1.82, 2.24) is 5.32 Å². The second kappa shape index (κ2) is 6.86. The van der Waals surface area contributed by atoms with E-state index in [1.165, 1.54) is 61.5 Å². The summed E-state index contributed by atoms with van der Waals surface area (Å²) in [5, 5.41) is 3.82. The lowest BCUT2D eigenvalue weighted by Gasteiger charge is -2.27. The molecule has 2 aliphatic rings. The van der Waals surface area contributed by atoms with Crippen LogP contribution < -0.4 is 10.2 Å². The topological polar surface area (TPSA) is 15.3 Å². The van der Waals surface area contributed by atoms with Gasteiger partial charge in [0.15, 0.2) is 0 Å². The third-order valence-electron chi connectivity index (χ3n) is 4.55. The number of hydrogen-bond acceptors (Lipinski definition) is 3. The van der Waals surface area contributed by atoms with E-state index in [4.69, 9.17) is 0 Å². The smallest absolute Gasteiger partial charge is 0.0369 e. The van der Waals surface area contributed by atoms with Crippen LogP contribution in [0.4, 0.5) is 5.69 Å². The van der Waals surface area contributed by atoms with Gasteiger partial charge in [-0.1, -0.05) is 12.1 Å². The average Bonchev–Trinajstić information content (AvgIpc) is 3.03. The molecular weight excluding hydrogens is 264 g/mol. The first-order valence-electron chi connectivity index (χ1n) is 8.01. The maximum absolute atomic E-state index is 3.82. The van der Waals surface area contributed by atoms with Crippen LogP contribution in [-0.2, 0) is 0 Å². The molecule has 0 spiro atoms. The summed E-state index contributed by atoms with van der Waals surface area (Å²) in [5.41, 5.74) is 2.85. The van der Waals surface area contributed by atoms with E-state index in [2.05, 4.69) is 53.2 Å². The van der Waals surface area contributed by atoms with Gasteiger partial charge in [0, 0.05) is 30.9 Å². The van der Waals surface area contributed by atoms with Crippen LogP contribution in [0.3, 0.4) is 0 Å². The third-order valence-corrected chi connectivity index (χ3v) is 5.60. The molecule has 2 fully saturated rings. The molecule has 1 N–H and O–H groups in total. The highest BCUT2D eigenvalue weighted by Gasteiger charge is 2.18. The molecule has 2 aliphatic heterocycles. The fourth-order valence-corrected chi connectivity index (χ4v) is 4.39. The first kappa shape index (κ1) is 14.3. The Bertz CT molecular complexity index is 423. The van der Waals surface area contributed by atoms with Crippen molar-refractivity contribution in [1.29, 1.82) is 0 Å². The van der Waals surface area contributed by atoms with E-state index in [1.54, 1.807) is 0 Å². The van der Waals surface area contributed by atoms with Gasteiger partial charge >= 0.3 is 0 Å². The predicted octanol–water partition coefficient (Wildman–Crippen LogP) is 3.83. The van der Waals surface area contributed by atoms with E-state index in [0.717, 1.165) is 0 Å². The molecule has 1 atom stereocenters. The van der Waals surface area contributed by atoms with Crippen LogP contribution in [0.25, 0.3) is 0 Å². The predicted molar refractivity (Wildman–Crippen MR) is 89.8 cm³/mol. The molecule has 110 valence electrons. The summed E-state index contributed by atoms with van der Waals surface area (Å²) in [7, 11) is 0. The van der Waals surface area contributed by atoms with Gasteiger partial charge in [-0.15, -0.1) is 0 Å². The molecule has 3 rings (SSSR count). The molecule has 1 aromatic carbocycles. The molecule has 20 heavy (non-hydrogen) atoms. The molecule has 1 aromatic rings. The highest BCUT2D eigenvalue weighted by Crippen LogP contribution is 2.25. The number of hydrogen-bond donors (Lipinski definition) is 1. The Morgan fingerprint density at radius 3 is 2.70 bits per heavy atom. The van der Waals surface area contributed by atoms with Crippen LogP contribution in [0.5, 0.6) is 0 Å². The number of rotatable bonds is 4. The van der Waals surface area contributed by atoms with Crippen molar-refractivity contribution in [2.75, 3.05) is 29.5 Å². The second-order valence-electron chi connectivity index (χ2n) is 6.06. The Kier molecular flexibility index (Phi) is 4.90. The van der Waals surface area contributed by atoms with Gasteiger partial charge in [0.2, 0.25) is 0 Å². The summed E-state index contributed by atoms with van der Waals surface area (Å²) in [6, 6.07) is 10.3. The molecule has 2 saturated heterocycles. The quantitative estimate of drug-likeness (QED) is 0.907. The minimum Gasteiger partial charge on any atom is -0.372 e. The van der Waals surface area contributed by atoms with Gasteiger partial charge < -0.3 is 10.2 Å². The van der Waals surface area contributed by atoms with Crippen molar-refractivity contribution in [3.63, 3.8) is 0 Å². The average molecular weight is 290 g/mol. The fourth-order valence-electron chi connectivity index (χ4n) is 3.28. The normalized spacial score (nSPS) is 22.1. The summed E-state index contributed by atoms with van der Waals surface area (Å²) in [4.78, 5) is 2.52. The van der Waals surface area contributed by atoms with Crippen molar-refractivity contribution < 1.29 is 0 Å². The zero-order chi connectivity index (χ0) is 13.8. The maximum atomic E-state index is 3.82. The van der Waals surface area contributed by atoms with E-state index in [-0.39, 0.29) is 0 Å². The number of nitrogens with zero attached hydrogens (tertiary/aromatic N) is 1. The zero-order valence-corrected chi connectivity index (χ0v) is 13.3. The van der Waals surface area contributed by atoms with Crippen molar-refractivity contribution in [2.24, 2.45) is 0 Å². The lowest BCUT2D eigenvalue weighted by Crippen LogP contribution is -2.34. The molecule has 0 aromatic heterocycles. The molecule has 2 heterocycles. The first-order valence-corrected chi connectivity index (χ1v) is 9.17. The van der Waals surface area contributed by atoms with Crippen LogP contribution in [0.15, 0.2) is 24.3 Å². The van der Waals surface area contributed by atoms with E-state index in [0.29, 0.717) is 12.1 Å². The van der Waals surface area contributed by atoms with Crippen molar-refractivity contribution in [2.45, 2.75) is 44.7 Å². The third kappa shape index (κ3) is 3.50. The van der Waals surface area contributed by atoms with E-state index < -0.39 is 0 Å². The highest BCUT2D eigenvalue weighted by atomic mass is 32.2. The Labute approximate surface area is 127 Å². The Morgan fingerprint density at radius 1 is 1.20 bits per heavy atom. The molecule has 0 unspecified atom stereocenters. The van der Waals surface area contributed by atoms with Gasteiger partial charge in [-0.3, -0.25) is 0 Å². The molecule has 0 aliphatic carbocycles. The Balaban J connectivity index is 1.64. The second-order valence-corrected chi connectivity index (χ2v) is 7.29. The zero-order valence-electron chi connectivity index (χ0n) is 12.5. The number of thioether (sulfide) groups is 1. The molecule has 0 amide bonds. The number of nitrogens with one attached hydrogen (secondary N) is 1. The highest BCUT2D eigenvalue weighted by molar-refractivity contribution is 7.99. The monoisotopic (exact) mass is 290 g/mol. The lowest BCUT2D eigenvalue weighted by atomic mass is 10.0. The van der Waals surface area contributed by atoms with E-state index >= 15 is 0 Å². The summed E-state index contributed by atoms with van der Waals surface area (Å²) in [6.45, 7) is 4.76. The molecule has 0 bridgehead atoms. The van der Waals surface area contributed by atoms with Crippen molar-refractivity contribution in [3.8, 4) is 0 Å². The summed E-state index contributed by atoms with van der Waals surface area (Å²) in [6.07, 6.45) is 5.33. The van der Waals surface area contributed by atoms with Crippen LogP contribution >= 0.6 is 11.8 Å². The van der Waals surface area contributed by atoms with Gasteiger partial charge in [-0.05, 0) is 61.8 Å². The van der Waals surface area contributed by atoms with Gasteiger partial charge in [0.1, 0.15) is 0 Å². The largest absolute Gasteiger partial charge is 0.372 e. The van der Waals surface area contributed by atoms with Crippen molar-refractivity contribution >= 4 is 17.4 Å². The molecule has 3 heteroatoms. The maximum Gasteiger partial charge on any atom is 0.0369 e. The molecule has 0 saturated carbocycles. The SMILES string of the molecule is C[C@@H](NC1CCSCC1)c1cccc(N2CCCC2)c1. The molecule has 0 radical (unpaired) electrons. The van der Waals surface area contributed by atoms with Gasteiger partial charge in [0.25, 0.3) is 0 Å². The van der Waals surface area contributed by atoms with Gasteiger partial charge in [0.05, 0.1) is 0 Å². The van der Waals surface area contributed by atoms with Gasteiger partial charge in [-0.2, -0.15) is 11.8 Å². The van der Waals surface area contributed by atoms with E-state index in [9.17, 15) is 0 Å². The van der Waals surface area contributed by atoms with Crippen LogP contribution in [0, 0.1) is 0 Å². The minimum atomic E-state index is 0.464. The lowest BCUT2D eigenvalue weighted by molar-refractivity contribution is 0.431. The van der Waals surface area contributed by atoms with E-state index in [1.807, 2.05) is 0 Å². The summed E-state index contributed by atoms with van der Waals surface area (Å²) >= 11 is 2.09. The Hall–Kier alpha value is -0.670. The standard InChI is InChI=1S/C17H26N2S/c1-14(18-16-7-11-20-12-8-16)15-5-4-6-17(13-15)19-9-2-3-10-19/h4-6,13-14,16,18H,2-3,7-12H2,1H3/t14-/m1/s1. The van der Waals surface area contributed by atoms with Crippen LogP contribution in [-0.4, -0.2) is 30.6 Å². The number of anilines is 1. The number of benzene rings is 1. The molecule has 2 nitrogen and oxygen atoms in total. The summed E-state index contributed by atoms with van der Waals surface area (Å²) in [5.74, 6) is 2.64. The molecular formula is C17H26N2S. The van der Waals surface area contributed by atoms with Crippen molar-refractivity contribution in [3.05, 3.63) is 29.8 Å². The first-order chi connectivity index (χ1) is 9.83. The van der Waals surface area contributed by atoms with Crippen LogP contribution in [0.1, 0.15) is 44.2 Å². The minimum absolute atomic E-state index is 0.464. The summed E-state index contributed by atoms with van der Waals surface area (Å²) < 4.78 is 0.